The summed E-state index contributed by atoms with van der Waals surface area (Å²) in [5.74, 6) is -0.248. The maximum absolute atomic E-state index is 12.9. The Kier molecular flexibility index (Phi) is 5.63. The van der Waals surface area contributed by atoms with Crippen LogP contribution < -0.4 is 5.32 Å². The van der Waals surface area contributed by atoms with Crippen molar-refractivity contribution in [3.8, 4) is 11.6 Å². The van der Waals surface area contributed by atoms with E-state index in [-0.39, 0.29) is 28.4 Å². The molecule has 31 heavy (non-hydrogen) atoms. The number of carbonyl (C=O) groups excluding carboxylic acids is 1. The number of carbonyl (C=O) groups is 1. The van der Waals surface area contributed by atoms with Crippen LogP contribution >= 0.6 is 0 Å². The maximum Gasteiger partial charge on any atom is 0.322 e. The van der Waals surface area contributed by atoms with E-state index in [2.05, 4.69) is 20.6 Å². The molecule has 1 unspecified atom stereocenters. The fourth-order valence-electron chi connectivity index (χ4n) is 3.70. The molecule has 2 aromatic heterocycles. The monoisotopic (exact) mass is 444 g/mol. The van der Waals surface area contributed by atoms with Crippen molar-refractivity contribution in [2.75, 3.05) is 11.9 Å². The van der Waals surface area contributed by atoms with Gasteiger partial charge in [-0.25, -0.2) is 8.42 Å². The zero-order chi connectivity index (χ0) is 22.2. The number of aryl methyl sites for hydroxylation is 2. The standard InChI is InChI=1S/C20H24N6O4S/c1-13-12-17(25(3)24-13)19-22-23-20(30-19)21-18(27)15-7-9-16(10-8-15)31(28,29)26-11-5-4-6-14(26)2/h7-10,12,14H,4-6,11H2,1-3H3,(H,21,23,27). The Labute approximate surface area is 180 Å². The third-order valence-corrected chi connectivity index (χ3v) is 7.36. The maximum atomic E-state index is 12.9. The highest BCUT2D eigenvalue weighted by atomic mass is 32.2. The molecule has 0 aliphatic carbocycles. The van der Waals surface area contributed by atoms with E-state index >= 15 is 0 Å². The van der Waals surface area contributed by atoms with Crippen LogP contribution in [0.15, 0.2) is 39.6 Å². The molecule has 0 saturated carbocycles. The number of hydrogen-bond donors (Lipinski definition) is 1. The number of nitrogens with one attached hydrogen (secondary N) is 1. The van der Waals surface area contributed by atoms with Crippen LogP contribution in [0.4, 0.5) is 6.01 Å². The van der Waals surface area contributed by atoms with Gasteiger partial charge in [0.05, 0.1) is 10.6 Å². The Hall–Kier alpha value is -3.05. The zero-order valence-electron chi connectivity index (χ0n) is 17.6. The van der Waals surface area contributed by atoms with Crippen molar-refractivity contribution in [1.29, 1.82) is 0 Å². The van der Waals surface area contributed by atoms with Gasteiger partial charge in [-0.3, -0.25) is 14.8 Å². The number of rotatable bonds is 5. The number of benzene rings is 1. The minimum Gasteiger partial charge on any atom is -0.401 e. The molecule has 3 heterocycles. The van der Waals surface area contributed by atoms with Crippen molar-refractivity contribution in [2.24, 2.45) is 7.05 Å². The van der Waals surface area contributed by atoms with E-state index in [1.54, 1.807) is 17.8 Å². The first kappa shape index (κ1) is 21.2. The van der Waals surface area contributed by atoms with Gasteiger partial charge in [0.2, 0.25) is 10.0 Å². The van der Waals surface area contributed by atoms with Crippen LogP contribution in [0.1, 0.15) is 42.2 Å². The normalized spacial score (nSPS) is 17.6. The molecule has 1 saturated heterocycles. The van der Waals surface area contributed by atoms with Gasteiger partial charge in [0.15, 0.2) is 0 Å². The Balaban J connectivity index is 1.47. The van der Waals surface area contributed by atoms with Crippen LogP contribution in [-0.2, 0) is 17.1 Å². The molecule has 4 rings (SSSR count). The largest absolute Gasteiger partial charge is 0.401 e. The summed E-state index contributed by atoms with van der Waals surface area (Å²) in [6.45, 7) is 4.28. The summed E-state index contributed by atoms with van der Waals surface area (Å²) in [5.41, 5.74) is 1.71. The van der Waals surface area contributed by atoms with Gasteiger partial charge in [-0.2, -0.15) is 9.40 Å². The van der Waals surface area contributed by atoms with Crippen LogP contribution in [0, 0.1) is 6.92 Å². The fourth-order valence-corrected chi connectivity index (χ4v) is 5.40. The van der Waals surface area contributed by atoms with Crippen LogP contribution in [-0.4, -0.2) is 51.2 Å². The Morgan fingerprint density at radius 1 is 1.19 bits per heavy atom. The lowest BCUT2D eigenvalue weighted by Gasteiger charge is -2.32. The van der Waals surface area contributed by atoms with Crippen molar-refractivity contribution in [2.45, 2.75) is 44.0 Å². The number of nitrogens with zero attached hydrogens (tertiary/aromatic N) is 5. The number of piperidine rings is 1. The summed E-state index contributed by atoms with van der Waals surface area (Å²) in [6.07, 6.45) is 2.74. The van der Waals surface area contributed by atoms with Gasteiger partial charge in [-0.15, -0.1) is 5.10 Å². The fraction of sp³-hybridized carbons (Fsp3) is 0.400. The number of hydrogen-bond acceptors (Lipinski definition) is 7. The van der Waals surface area contributed by atoms with Crippen LogP contribution in [0.2, 0.25) is 0 Å². The van der Waals surface area contributed by atoms with Crippen molar-refractivity contribution >= 4 is 21.9 Å². The minimum absolute atomic E-state index is 0.0309. The minimum atomic E-state index is -3.59. The lowest BCUT2D eigenvalue weighted by Crippen LogP contribution is -2.41. The highest BCUT2D eigenvalue weighted by molar-refractivity contribution is 7.89. The Bertz CT molecular complexity index is 1200. The molecule has 164 valence electrons. The summed E-state index contributed by atoms with van der Waals surface area (Å²) < 4.78 is 34.5. The van der Waals surface area contributed by atoms with Gasteiger partial charge in [0.25, 0.3) is 11.8 Å². The molecule has 1 amide bonds. The molecule has 1 N–H and O–H groups in total. The second-order valence-electron chi connectivity index (χ2n) is 7.65. The second-order valence-corrected chi connectivity index (χ2v) is 9.54. The van der Waals surface area contributed by atoms with Gasteiger partial charge in [0, 0.05) is 25.2 Å². The highest BCUT2D eigenvalue weighted by Gasteiger charge is 2.31. The molecule has 11 heteroatoms. The number of amides is 1. The average molecular weight is 445 g/mol. The molecule has 0 radical (unpaired) electrons. The molecule has 1 aliphatic rings. The SMILES string of the molecule is Cc1cc(-c2nnc(NC(=O)c3ccc(S(=O)(=O)N4CCCCC4C)cc3)o2)n(C)n1. The van der Waals surface area contributed by atoms with Crippen LogP contribution in [0.5, 0.6) is 0 Å². The highest BCUT2D eigenvalue weighted by Crippen LogP contribution is 2.25. The number of sulfonamides is 1. The smallest absolute Gasteiger partial charge is 0.322 e. The third-order valence-electron chi connectivity index (χ3n) is 5.33. The lowest BCUT2D eigenvalue weighted by molar-refractivity contribution is 0.102. The predicted octanol–water partition coefficient (Wildman–Crippen LogP) is 2.59. The van der Waals surface area contributed by atoms with Gasteiger partial charge in [-0.1, -0.05) is 11.5 Å². The van der Waals surface area contributed by atoms with E-state index in [0.717, 1.165) is 25.0 Å². The van der Waals surface area contributed by atoms with Gasteiger partial charge >= 0.3 is 6.01 Å². The molecule has 0 spiro atoms. The molecule has 3 aromatic rings. The first-order chi connectivity index (χ1) is 14.8. The van der Waals surface area contributed by atoms with Crippen molar-refractivity contribution in [3.63, 3.8) is 0 Å². The summed E-state index contributed by atoms with van der Waals surface area (Å²) in [7, 11) is -1.83. The van der Waals surface area contributed by atoms with Crippen LogP contribution in [0.25, 0.3) is 11.6 Å². The molecule has 0 bridgehead atoms. The first-order valence-corrected chi connectivity index (χ1v) is 11.5. The Morgan fingerprint density at radius 3 is 2.58 bits per heavy atom. The van der Waals surface area contributed by atoms with E-state index in [1.165, 1.54) is 28.6 Å². The topological polar surface area (TPSA) is 123 Å². The summed E-state index contributed by atoms with van der Waals surface area (Å²) >= 11 is 0. The summed E-state index contributed by atoms with van der Waals surface area (Å²) in [6, 6.07) is 7.54. The quantitative estimate of drug-likeness (QED) is 0.641. The third kappa shape index (κ3) is 4.23. The molecule has 10 nitrogen and oxygen atoms in total. The molecule has 1 atom stereocenters. The molecule has 1 fully saturated rings. The van der Waals surface area contributed by atoms with Crippen molar-refractivity contribution in [1.82, 2.24) is 24.3 Å². The van der Waals surface area contributed by atoms with Crippen molar-refractivity contribution in [3.05, 3.63) is 41.6 Å². The van der Waals surface area contributed by atoms with E-state index in [0.29, 0.717) is 12.2 Å². The van der Waals surface area contributed by atoms with E-state index in [1.807, 2.05) is 13.8 Å². The second kappa shape index (κ2) is 8.23. The van der Waals surface area contributed by atoms with Gasteiger partial charge < -0.3 is 4.42 Å². The van der Waals surface area contributed by atoms with E-state index in [4.69, 9.17) is 4.42 Å². The summed E-state index contributed by atoms with van der Waals surface area (Å²) in [5, 5.41) is 14.5. The number of anilines is 1. The van der Waals surface area contributed by atoms with Crippen molar-refractivity contribution < 1.29 is 17.6 Å². The summed E-state index contributed by atoms with van der Waals surface area (Å²) in [4.78, 5) is 12.7. The lowest BCUT2D eigenvalue weighted by atomic mass is 10.1. The molecule has 1 aromatic carbocycles. The zero-order valence-corrected chi connectivity index (χ0v) is 18.4. The molecular weight excluding hydrogens is 420 g/mol. The average Bonchev–Trinajstić information content (AvgIpc) is 3.33. The first-order valence-electron chi connectivity index (χ1n) is 10.0. The van der Waals surface area contributed by atoms with Gasteiger partial charge in [-0.05, 0) is 57.0 Å². The molecular formula is C20H24N6O4S. The van der Waals surface area contributed by atoms with Gasteiger partial charge in [0.1, 0.15) is 5.69 Å². The Morgan fingerprint density at radius 2 is 1.94 bits per heavy atom. The number of aromatic nitrogens is 4. The molecule has 1 aliphatic heterocycles. The van der Waals surface area contributed by atoms with Crippen LogP contribution in [0.3, 0.4) is 0 Å². The predicted molar refractivity (Wildman–Crippen MR) is 113 cm³/mol. The van der Waals surface area contributed by atoms with E-state index < -0.39 is 15.9 Å². The van der Waals surface area contributed by atoms with E-state index in [9.17, 15) is 13.2 Å².